The van der Waals surface area contributed by atoms with Gasteiger partial charge in [-0.2, -0.15) is 5.26 Å². The molecule has 0 aliphatic heterocycles. The molecule has 0 unspecified atom stereocenters. The van der Waals surface area contributed by atoms with Crippen molar-refractivity contribution in [2.24, 2.45) is 0 Å². The zero-order valence-electron chi connectivity index (χ0n) is 9.74. The molecule has 0 bridgehead atoms. The summed E-state index contributed by atoms with van der Waals surface area (Å²) in [6.45, 7) is 0. The zero-order valence-corrected chi connectivity index (χ0v) is 10.6. The van der Waals surface area contributed by atoms with E-state index in [4.69, 9.17) is 5.26 Å². The van der Waals surface area contributed by atoms with E-state index in [0.29, 0.717) is 5.69 Å². The van der Waals surface area contributed by atoms with Gasteiger partial charge in [0.25, 0.3) is 0 Å². The van der Waals surface area contributed by atoms with E-state index in [1.165, 1.54) is 6.07 Å². The molecule has 0 amide bonds. The van der Waals surface area contributed by atoms with Gasteiger partial charge in [0.05, 0.1) is 23.5 Å². The Balaban J connectivity index is 2.44. The van der Waals surface area contributed by atoms with E-state index in [1.54, 1.807) is 24.5 Å². The number of carboxylic acid groups (broad SMARTS) is 1. The van der Waals surface area contributed by atoms with Gasteiger partial charge in [0.1, 0.15) is 5.03 Å². The van der Waals surface area contributed by atoms with Gasteiger partial charge in [-0.3, -0.25) is 4.98 Å². The van der Waals surface area contributed by atoms with Gasteiger partial charge in [0, 0.05) is 23.5 Å². The fourth-order valence-corrected chi connectivity index (χ4v) is 2.15. The van der Waals surface area contributed by atoms with E-state index in [2.05, 4.69) is 9.97 Å². The Morgan fingerprint density at radius 3 is 2.89 bits per heavy atom. The average molecular weight is 270 g/mol. The van der Waals surface area contributed by atoms with Crippen LogP contribution in [0.3, 0.4) is 0 Å². The summed E-state index contributed by atoms with van der Waals surface area (Å²) in [4.78, 5) is 19.2. The standard InChI is InChI=1S/C13H9N3O2S/c14-5-7-19-12-10(13(17)18)3-4-11(16-12)9-2-1-6-15-8-9/h1-4,6,8H,7H2,(H,17,18)/p-1. The van der Waals surface area contributed by atoms with Crippen LogP contribution in [0, 0.1) is 11.3 Å². The molecule has 0 aromatic carbocycles. The Bertz CT molecular complexity index is 638. The Hall–Kier alpha value is -2.39. The van der Waals surface area contributed by atoms with Gasteiger partial charge >= 0.3 is 0 Å². The van der Waals surface area contributed by atoms with Crippen LogP contribution in [0.4, 0.5) is 0 Å². The van der Waals surface area contributed by atoms with E-state index >= 15 is 0 Å². The summed E-state index contributed by atoms with van der Waals surface area (Å²) in [6.07, 6.45) is 3.28. The highest BCUT2D eigenvalue weighted by Gasteiger charge is 2.09. The van der Waals surface area contributed by atoms with E-state index < -0.39 is 5.97 Å². The highest BCUT2D eigenvalue weighted by molar-refractivity contribution is 7.99. The van der Waals surface area contributed by atoms with E-state index in [0.717, 1.165) is 17.3 Å². The van der Waals surface area contributed by atoms with Crippen molar-refractivity contribution in [2.45, 2.75) is 5.03 Å². The number of carbonyl (C=O) groups is 1. The number of nitriles is 1. The fraction of sp³-hybridized carbons (Fsp3) is 0.0769. The molecule has 6 heteroatoms. The number of rotatable bonds is 4. The summed E-state index contributed by atoms with van der Waals surface area (Å²) < 4.78 is 0. The third-order valence-electron chi connectivity index (χ3n) is 2.31. The molecule has 0 N–H and O–H groups in total. The smallest absolute Gasteiger partial charge is 0.107 e. The predicted molar refractivity (Wildman–Crippen MR) is 68.1 cm³/mol. The van der Waals surface area contributed by atoms with Crippen LogP contribution < -0.4 is 5.11 Å². The van der Waals surface area contributed by atoms with Crippen LogP contribution in [0.2, 0.25) is 0 Å². The van der Waals surface area contributed by atoms with Gasteiger partial charge in [0.15, 0.2) is 0 Å². The molecule has 0 fully saturated rings. The maximum absolute atomic E-state index is 11.0. The van der Waals surface area contributed by atoms with Crippen LogP contribution in [0.5, 0.6) is 0 Å². The number of nitrogens with zero attached hydrogens (tertiary/aromatic N) is 3. The minimum atomic E-state index is -1.30. The number of hydrogen-bond acceptors (Lipinski definition) is 6. The Kier molecular flexibility index (Phi) is 4.11. The van der Waals surface area contributed by atoms with Crippen molar-refractivity contribution in [1.82, 2.24) is 9.97 Å². The second-order valence-electron chi connectivity index (χ2n) is 3.53. The molecular formula is C13H8N3O2S-. The maximum atomic E-state index is 11.0. The fourth-order valence-electron chi connectivity index (χ4n) is 1.48. The van der Waals surface area contributed by atoms with Crippen LogP contribution in [-0.2, 0) is 0 Å². The summed E-state index contributed by atoms with van der Waals surface area (Å²) in [5, 5.41) is 19.8. The number of carbonyl (C=O) groups excluding carboxylic acids is 1. The average Bonchev–Trinajstić information content (AvgIpc) is 2.45. The number of aromatic carboxylic acids is 1. The number of aromatic nitrogens is 2. The van der Waals surface area contributed by atoms with E-state index in [-0.39, 0.29) is 16.3 Å². The lowest BCUT2D eigenvalue weighted by Gasteiger charge is -2.10. The third kappa shape index (κ3) is 3.09. The summed E-state index contributed by atoms with van der Waals surface area (Å²) >= 11 is 1.07. The first-order valence-electron chi connectivity index (χ1n) is 5.35. The molecule has 0 aliphatic carbocycles. The van der Waals surface area contributed by atoms with Crippen molar-refractivity contribution < 1.29 is 9.90 Å². The third-order valence-corrected chi connectivity index (χ3v) is 3.17. The maximum Gasteiger partial charge on any atom is 0.107 e. The van der Waals surface area contributed by atoms with Gasteiger partial charge < -0.3 is 9.90 Å². The van der Waals surface area contributed by atoms with E-state index in [9.17, 15) is 9.90 Å². The number of pyridine rings is 2. The van der Waals surface area contributed by atoms with Crippen LogP contribution in [-0.4, -0.2) is 21.7 Å². The van der Waals surface area contributed by atoms with Crippen LogP contribution in [0.15, 0.2) is 41.7 Å². The Morgan fingerprint density at radius 2 is 2.26 bits per heavy atom. The quantitative estimate of drug-likeness (QED) is 0.773. The van der Waals surface area contributed by atoms with Crippen LogP contribution in [0.1, 0.15) is 10.4 Å². The molecule has 0 atom stereocenters. The topological polar surface area (TPSA) is 89.7 Å². The second kappa shape index (κ2) is 5.98. The van der Waals surface area contributed by atoms with E-state index in [1.807, 2.05) is 12.1 Å². The monoisotopic (exact) mass is 270 g/mol. The molecule has 94 valence electrons. The number of hydrogen-bond donors (Lipinski definition) is 0. The summed E-state index contributed by atoms with van der Waals surface area (Å²) in [7, 11) is 0. The number of thioether (sulfide) groups is 1. The van der Waals surface area contributed by atoms with Crippen molar-refractivity contribution in [3.05, 3.63) is 42.2 Å². The zero-order chi connectivity index (χ0) is 13.7. The van der Waals surface area contributed by atoms with Crippen molar-refractivity contribution in [3.8, 4) is 17.3 Å². The molecule has 2 aromatic heterocycles. The van der Waals surface area contributed by atoms with Gasteiger partial charge in [-0.05, 0) is 24.3 Å². The highest BCUT2D eigenvalue weighted by Crippen LogP contribution is 2.24. The van der Waals surface area contributed by atoms with Gasteiger partial charge in [-0.15, -0.1) is 0 Å². The Labute approximate surface area is 113 Å². The van der Waals surface area contributed by atoms with Gasteiger partial charge in [0.2, 0.25) is 0 Å². The molecule has 2 heterocycles. The van der Waals surface area contributed by atoms with Crippen molar-refractivity contribution >= 4 is 17.7 Å². The minimum Gasteiger partial charge on any atom is -0.545 e. The molecule has 5 nitrogen and oxygen atoms in total. The Morgan fingerprint density at radius 1 is 1.42 bits per heavy atom. The molecule has 19 heavy (non-hydrogen) atoms. The van der Waals surface area contributed by atoms with Crippen molar-refractivity contribution in [2.75, 3.05) is 5.75 Å². The molecular weight excluding hydrogens is 262 g/mol. The van der Waals surface area contributed by atoms with Crippen molar-refractivity contribution in [3.63, 3.8) is 0 Å². The lowest BCUT2D eigenvalue weighted by molar-refractivity contribution is -0.255. The van der Waals surface area contributed by atoms with Gasteiger partial charge in [-0.1, -0.05) is 11.8 Å². The first kappa shape index (κ1) is 13.1. The van der Waals surface area contributed by atoms with Crippen molar-refractivity contribution in [1.29, 1.82) is 5.26 Å². The predicted octanol–water partition coefficient (Wildman–Crippen LogP) is 1.12. The lowest BCUT2D eigenvalue weighted by Crippen LogP contribution is -2.23. The second-order valence-corrected chi connectivity index (χ2v) is 4.49. The van der Waals surface area contributed by atoms with Crippen LogP contribution in [0.25, 0.3) is 11.3 Å². The summed E-state index contributed by atoms with van der Waals surface area (Å²) in [6, 6.07) is 8.57. The molecule has 2 aromatic rings. The number of carboxylic acids is 1. The normalized spacial score (nSPS) is 9.84. The van der Waals surface area contributed by atoms with Crippen LogP contribution >= 0.6 is 11.8 Å². The molecule has 0 radical (unpaired) electrons. The lowest BCUT2D eigenvalue weighted by atomic mass is 10.1. The SMILES string of the molecule is N#CCSc1nc(-c2cccnc2)ccc1C(=O)[O-]. The minimum absolute atomic E-state index is 0.00658. The highest BCUT2D eigenvalue weighted by atomic mass is 32.2. The summed E-state index contributed by atoms with van der Waals surface area (Å²) in [5.74, 6) is -1.17. The first-order valence-corrected chi connectivity index (χ1v) is 6.33. The molecule has 0 aliphatic rings. The molecule has 0 saturated carbocycles. The molecule has 0 spiro atoms. The van der Waals surface area contributed by atoms with Gasteiger partial charge in [-0.25, -0.2) is 4.98 Å². The summed E-state index contributed by atoms with van der Waals surface area (Å²) in [5.41, 5.74) is 1.39. The first-order chi connectivity index (χ1) is 9.22. The molecule has 2 rings (SSSR count). The largest absolute Gasteiger partial charge is 0.545 e. The molecule has 0 saturated heterocycles.